The van der Waals surface area contributed by atoms with Crippen LogP contribution in [-0.4, -0.2) is 52.0 Å². The summed E-state index contributed by atoms with van der Waals surface area (Å²) in [5, 5.41) is 23.6. The van der Waals surface area contributed by atoms with Crippen LogP contribution in [0.15, 0.2) is 24.3 Å². The number of benzene rings is 1. The van der Waals surface area contributed by atoms with Crippen molar-refractivity contribution in [3.63, 3.8) is 0 Å². The molecule has 0 aliphatic heterocycles. The zero-order valence-corrected chi connectivity index (χ0v) is 17.1. The molecule has 1 rings (SSSR count). The fourth-order valence-electron chi connectivity index (χ4n) is 2.75. The summed E-state index contributed by atoms with van der Waals surface area (Å²) >= 11 is 0. The maximum absolute atomic E-state index is 12.7. The van der Waals surface area contributed by atoms with Crippen molar-refractivity contribution < 1.29 is 29.4 Å². The minimum absolute atomic E-state index is 0.0922. The average Bonchev–Trinajstić information content (AvgIpc) is 2.69. The van der Waals surface area contributed by atoms with Crippen molar-refractivity contribution in [1.82, 2.24) is 10.6 Å². The molecule has 4 atom stereocenters. The van der Waals surface area contributed by atoms with Gasteiger partial charge in [0.2, 0.25) is 17.7 Å². The Labute approximate surface area is 175 Å². The molecule has 0 saturated carbocycles. The second-order valence-corrected chi connectivity index (χ2v) is 7.25. The Morgan fingerprint density at radius 1 is 1.07 bits per heavy atom. The van der Waals surface area contributed by atoms with Gasteiger partial charge in [-0.2, -0.15) is 0 Å². The predicted molar refractivity (Wildman–Crippen MR) is 109 cm³/mol. The average molecular weight is 422 g/mol. The Kier molecular flexibility index (Phi) is 9.76. The second kappa shape index (κ2) is 11.8. The quantitative estimate of drug-likeness (QED) is 0.265. The summed E-state index contributed by atoms with van der Waals surface area (Å²) in [6.07, 6.45) is 0.384. The highest BCUT2D eigenvalue weighted by atomic mass is 16.4. The van der Waals surface area contributed by atoms with Gasteiger partial charge in [0.25, 0.3) is 0 Å². The van der Waals surface area contributed by atoms with Crippen LogP contribution in [0.1, 0.15) is 38.7 Å². The highest BCUT2D eigenvalue weighted by Gasteiger charge is 2.31. The molecule has 30 heavy (non-hydrogen) atoms. The molecule has 8 N–H and O–H groups in total. The van der Waals surface area contributed by atoms with E-state index in [1.807, 2.05) is 6.92 Å². The molecular weight excluding hydrogens is 392 g/mol. The van der Waals surface area contributed by atoms with Crippen molar-refractivity contribution in [3.8, 4) is 5.75 Å². The molecule has 0 radical (unpaired) electrons. The van der Waals surface area contributed by atoms with Gasteiger partial charge in [0.15, 0.2) is 0 Å². The lowest BCUT2D eigenvalue weighted by Crippen LogP contribution is -2.57. The minimum Gasteiger partial charge on any atom is -0.508 e. The van der Waals surface area contributed by atoms with Gasteiger partial charge in [0, 0.05) is 6.42 Å². The molecule has 0 unspecified atom stereocenters. The first-order chi connectivity index (χ1) is 14.0. The van der Waals surface area contributed by atoms with E-state index in [1.54, 1.807) is 19.1 Å². The van der Waals surface area contributed by atoms with E-state index < -0.39 is 41.8 Å². The van der Waals surface area contributed by atoms with Crippen LogP contribution in [0.3, 0.4) is 0 Å². The summed E-state index contributed by atoms with van der Waals surface area (Å²) in [4.78, 5) is 47.5. The lowest BCUT2D eigenvalue weighted by Gasteiger charge is -2.26. The number of phenols is 1. The zero-order valence-electron chi connectivity index (χ0n) is 17.1. The molecule has 0 aromatic heterocycles. The number of nitrogens with one attached hydrogen (secondary N) is 2. The second-order valence-electron chi connectivity index (χ2n) is 7.25. The van der Waals surface area contributed by atoms with Gasteiger partial charge in [-0.15, -0.1) is 0 Å². The van der Waals surface area contributed by atoms with E-state index in [4.69, 9.17) is 11.5 Å². The monoisotopic (exact) mass is 422 g/mol. The van der Waals surface area contributed by atoms with Gasteiger partial charge < -0.3 is 32.3 Å². The van der Waals surface area contributed by atoms with E-state index in [-0.39, 0.29) is 30.9 Å². The summed E-state index contributed by atoms with van der Waals surface area (Å²) in [6.45, 7) is 3.57. The van der Waals surface area contributed by atoms with Crippen LogP contribution in [0.4, 0.5) is 0 Å². The first-order valence-corrected chi connectivity index (χ1v) is 9.70. The molecule has 0 fully saturated rings. The van der Waals surface area contributed by atoms with Crippen molar-refractivity contribution in [1.29, 1.82) is 0 Å². The van der Waals surface area contributed by atoms with Crippen LogP contribution in [-0.2, 0) is 25.6 Å². The largest absolute Gasteiger partial charge is 0.508 e. The first kappa shape index (κ1) is 24.9. The van der Waals surface area contributed by atoms with Crippen molar-refractivity contribution >= 4 is 23.7 Å². The molecule has 1 aromatic rings. The Bertz CT molecular complexity index is 752. The molecule has 0 saturated heterocycles. The molecule has 0 aliphatic carbocycles. The number of carboxylic acid groups (broad SMARTS) is 1. The number of carbonyl (C=O) groups excluding carboxylic acids is 3. The molecule has 0 bridgehead atoms. The van der Waals surface area contributed by atoms with Crippen LogP contribution in [0.5, 0.6) is 5.75 Å². The number of amides is 3. The maximum atomic E-state index is 12.7. The van der Waals surface area contributed by atoms with Crippen LogP contribution in [0.25, 0.3) is 0 Å². The third kappa shape index (κ3) is 8.08. The van der Waals surface area contributed by atoms with Crippen LogP contribution in [0.2, 0.25) is 0 Å². The SMILES string of the molecule is CC[C@H](C)[C@H](NC(=O)[C@@H](N)Cc1ccc(O)cc1)C(=O)N[C@@H](CCC(N)=O)C(=O)O. The predicted octanol–water partition coefficient (Wildman–Crippen LogP) is -0.372. The summed E-state index contributed by atoms with van der Waals surface area (Å²) < 4.78 is 0. The van der Waals surface area contributed by atoms with Crippen molar-refractivity contribution in [2.24, 2.45) is 17.4 Å². The number of nitrogens with two attached hydrogens (primary N) is 2. The van der Waals surface area contributed by atoms with Crippen LogP contribution < -0.4 is 22.1 Å². The number of hydrogen-bond donors (Lipinski definition) is 6. The Balaban J connectivity index is 2.82. The molecule has 10 nitrogen and oxygen atoms in total. The van der Waals surface area contributed by atoms with Crippen molar-refractivity contribution in [2.75, 3.05) is 0 Å². The lowest BCUT2D eigenvalue weighted by atomic mass is 9.96. The van der Waals surface area contributed by atoms with E-state index in [0.29, 0.717) is 6.42 Å². The van der Waals surface area contributed by atoms with Crippen LogP contribution >= 0.6 is 0 Å². The van der Waals surface area contributed by atoms with Gasteiger partial charge in [-0.1, -0.05) is 32.4 Å². The summed E-state index contributed by atoms with van der Waals surface area (Å²) in [5.74, 6) is -3.42. The van der Waals surface area contributed by atoms with E-state index in [2.05, 4.69) is 10.6 Å². The Hall–Kier alpha value is -3.14. The topological polar surface area (TPSA) is 185 Å². The molecule has 0 aliphatic rings. The number of rotatable bonds is 12. The molecule has 0 heterocycles. The molecular formula is C20H30N4O6. The third-order valence-corrected chi connectivity index (χ3v) is 4.82. The number of primary amides is 1. The lowest BCUT2D eigenvalue weighted by molar-refractivity contribution is -0.142. The minimum atomic E-state index is -1.31. The highest BCUT2D eigenvalue weighted by Crippen LogP contribution is 2.12. The smallest absolute Gasteiger partial charge is 0.326 e. The maximum Gasteiger partial charge on any atom is 0.326 e. The third-order valence-electron chi connectivity index (χ3n) is 4.82. The molecule has 10 heteroatoms. The fraction of sp³-hybridized carbons (Fsp3) is 0.500. The Morgan fingerprint density at radius 3 is 2.17 bits per heavy atom. The standard InChI is InChI=1S/C20H30N4O6/c1-3-11(2)17(19(28)23-15(20(29)30)8-9-16(22)26)24-18(27)14(21)10-12-4-6-13(25)7-5-12/h4-7,11,14-15,17,25H,3,8-10,21H2,1-2H3,(H2,22,26)(H,23,28)(H,24,27)(H,29,30)/t11-,14-,15-,17-/m0/s1. The Morgan fingerprint density at radius 2 is 1.67 bits per heavy atom. The molecule has 0 spiro atoms. The van der Waals surface area contributed by atoms with E-state index in [0.717, 1.165) is 5.56 Å². The number of phenolic OH excluding ortho intramolecular Hbond substituents is 1. The van der Waals surface area contributed by atoms with Gasteiger partial charge in [0.05, 0.1) is 6.04 Å². The van der Waals surface area contributed by atoms with Gasteiger partial charge in [-0.3, -0.25) is 14.4 Å². The molecule has 3 amide bonds. The van der Waals surface area contributed by atoms with Gasteiger partial charge in [-0.25, -0.2) is 4.79 Å². The molecule has 166 valence electrons. The van der Waals surface area contributed by atoms with E-state index in [9.17, 15) is 29.4 Å². The summed E-state index contributed by atoms with van der Waals surface area (Å²) in [7, 11) is 0. The van der Waals surface area contributed by atoms with Crippen molar-refractivity contribution in [3.05, 3.63) is 29.8 Å². The first-order valence-electron chi connectivity index (χ1n) is 9.70. The number of aliphatic carboxylic acids is 1. The highest BCUT2D eigenvalue weighted by molar-refractivity contribution is 5.92. The number of carboxylic acids is 1. The van der Waals surface area contributed by atoms with E-state index in [1.165, 1.54) is 12.1 Å². The number of aromatic hydroxyl groups is 1. The fourth-order valence-corrected chi connectivity index (χ4v) is 2.75. The van der Waals surface area contributed by atoms with Gasteiger partial charge >= 0.3 is 5.97 Å². The van der Waals surface area contributed by atoms with Gasteiger partial charge in [-0.05, 0) is 36.5 Å². The van der Waals surface area contributed by atoms with Crippen molar-refractivity contribution in [2.45, 2.75) is 57.7 Å². The van der Waals surface area contributed by atoms with Gasteiger partial charge in [0.1, 0.15) is 17.8 Å². The summed E-state index contributed by atoms with van der Waals surface area (Å²) in [6, 6.07) is 2.98. The summed E-state index contributed by atoms with van der Waals surface area (Å²) in [5.41, 5.74) is 11.7. The van der Waals surface area contributed by atoms with Crippen LogP contribution in [0, 0.1) is 5.92 Å². The number of hydrogen-bond acceptors (Lipinski definition) is 6. The van der Waals surface area contributed by atoms with E-state index >= 15 is 0 Å². The normalized spacial score (nSPS) is 14.8. The zero-order chi connectivity index (χ0) is 22.8. The number of carbonyl (C=O) groups is 4. The molecule has 1 aromatic carbocycles.